The molecule has 0 amide bonds. The first kappa shape index (κ1) is 16.8. The van der Waals surface area contributed by atoms with E-state index in [1.165, 1.54) is 0 Å². The standard InChI is InChI=1S/C12H27NO4/c1-12(11-13-5-8-15-3)17-10-9-16-7-4-6-14-2/h12-13H,4-11H2,1-3H3. The van der Waals surface area contributed by atoms with Gasteiger partial charge in [-0.1, -0.05) is 0 Å². The maximum absolute atomic E-state index is 5.57. The van der Waals surface area contributed by atoms with Gasteiger partial charge in [0.25, 0.3) is 0 Å². The zero-order valence-corrected chi connectivity index (χ0v) is 11.4. The molecule has 0 aromatic heterocycles. The van der Waals surface area contributed by atoms with Gasteiger partial charge >= 0.3 is 0 Å². The second-order valence-electron chi connectivity index (χ2n) is 3.84. The average Bonchev–Trinajstić information content (AvgIpc) is 2.33. The zero-order chi connectivity index (χ0) is 12.8. The summed E-state index contributed by atoms with van der Waals surface area (Å²) in [5, 5.41) is 3.25. The fourth-order valence-electron chi connectivity index (χ4n) is 1.25. The molecule has 0 aliphatic heterocycles. The van der Waals surface area contributed by atoms with E-state index in [1.807, 2.05) is 6.92 Å². The predicted molar refractivity (Wildman–Crippen MR) is 67.5 cm³/mol. The molecule has 0 aliphatic rings. The number of nitrogens with one attached hydrogen (secondary N) is 1. The van der Waals surface area contributed by atoms with Crippen LogP contribution >= 0.6 is 0 Å². The molecule has 0 aliphatic carbocycles. The van der Waals surface area contributed by atoms with E-state index in [2.05, 4.69) is 5.32 Å². The van der Waals surface area contributed by atoms with Gasteiger partial charge in [-0.05, 0) is 13.3 Å². The Morgan fingerprint density at radius 2 is 1.71 bits per heavy atom. The Morgan fingerprint density at radius 3 is 2.41 bits per heavy atom. The fraction of sp³-hybridized carbons (Fsp3) is 1.00. The molecule has 0 saturated heterocycles. The number of methoxy groups -OCH3 is 2. The predicted octanol–water partition coefficient (Wildman–Crippen LogP) is 0.681. The van der Waals surface area contributed by atoms with E-state index >= 15 is 0 Å². The highest BCUT2D eigenvalue weighted by atomic mass is 16.5. The van der Waals surface area contributed by atoms with Crippen molar-refractivity contribution in [2.45, 2.75) is 19.4 Å². The Labute approximate surface area is 105 Å². The van der Waals surface area contributed by atoms with Crippen LogP contribution in [0.3, 0.4) is 0 Å². The van der Waals surface area contributed by atoms with Gasteiger partial charge in [-0.2, -0.15) is 0 Å². The Bertz CT molecular complexity index is 146. The largest absolute Gasteiger partial charge is 0.385 e. The average molecular weight is 249 g/mol. The minimum atomic E-state index is 0.203. The van der Waals surface area contributed by atoms with Gasteiger partial charge in [-0.25, -0.2) is 0 Å². The molecule has 1 N–H and O–H groups in total. The van der Waals surface area contributed by atoms with E-state index in [0.29, 0.717) is 13.2 Å². The lowest BCUT2D eigenvalue weighted by atomic mass is 10.4. The van der Waals surface area contributed by atoms with Crippen molar-refractivity contribution >= 4 is 0 Å². The molecule has 0 heterocycles. The van der Waals surface area contributed by atoms with E-state index in [-0.39, 0.29) is 6.10 Å². The Balaban J connectivity index is 3.08. The first-order chi connectivity index (χ1) is 8.31. The van der Waals surface area contributed by atoms with Gasteiger partial charge in [0, 0.05) is 40.5 Å². The highest BCUT2D eigenvalue weighted by Crippen LogP contribution is 1.90. The lowest BCUT2D eigenvalue weighted by Crippen LogP contribution is -2.30. The summed E-state index contributed by atoms with van der Waals surface area (Å²) in [6.45, 7) is 7.25. The highest BCUT2D eigenvalue weighted by molar-refractivity contribution is 4.54. The first-order valence-electron chi connectivity index (χ1n) is 6.19. The number of rotatable bonds is 13. The summed E-state index contributed by atoms with van der Waals surface area (Å²) in [6, 6.07) is 0. The van der Waals surface area contributed by atoms with Crippen LogP contribution in [0.15, 0.2) is 0 Å². The van der Waals surface area contributed by atoms with Gasteiger partial charge in [-0.3, -0.25) is 0 Å². The molecule has 0 radical (unpaired) electrons. The molecular formula is C12H27NO4. The van der Waals surface area contributed by atoms with Crippen LogP contribution < -0.4 is 5.32 Å². The highest BCUT2D eigenvalue weighted by Gasteiger charge is 2.00. The summed E-state index contributed by atoms with van der Waals surface area (Å²) in [7, 11) is 3.39. The Hall–Kier alpha value is -0.200. The molecule has 1 atom stereocenters. The Morgan fingerprint density at radius 1 is 0.941 bits per heavy atom. The van der Waals surface area contributed by atoms with Crippen LogP contribution in [0, 0.1) is 0 Å². The van der Waals surface area contributed by atoms with E-state index in [9.17, 15) is 0 Å². The molecular weight excluding hydrogens is 222 g/mol. The summed E-state index contributed by atoms with van der Waals surface area (Å²) in [4.78, 5) is 0. The summed E-state index contributed by atoms with van der Waals surface area (Å²) >= 11 is 0. The molecule has 0 rings (SSSR count). The maximum Gasteiger partial charge on any atom is 0.0704 e. The van der Waals surface area contributed by atoms with Gasteiger partial charge in [0.2, 0.25) is 0 Å². The number of ether oxygens (including phenoxy) is 4. The number of hydrogen-bond donors (Lipinski definition) is 1. The monoisotopic (exact) mass is 249 g/mol. The van der Waals surface area contributed by atoms with Gasteiger partial charge in [0.1, 0.15) is 0 Å². The molecule has 5 nitrogen and oxygen atoms in total. The van der Waals surface area contributed by atoms with E-state index in [1.54, 1.807) is 14.2 Å². The van der Waals surface area contributed by atoms with Crippen molar-refractivity contribution in [3.8, 4) is 0 Å². The third-order valence-corrected chi connectivity index (χ3v) is 2.18. The van der Waals surface area contributed by atoms with Gasteiger partial charge < -0.3 is 24.3 Å². The van der Waals surface area contributed by atoms with Crippen LogP contribution in [0.4, 0.5) is 0 Å². The molecule has 0 saturated carbocycles. The smallest absolute Gasteiger partial charge is 0.0704 e. The molecule has 1 unspecified atom stereocenters. The third kappa shape index (κ3) is 13.7. The van der Waals surface area contributed by atoms with Crippen LogP contribution in [0.2, 0.25) is 0 Å². The summed E-state index contributed by atoms with van der Waals surface area (Å²) in [6.07, 6.45) is 1.14. The van der Waals surface area contributed by atoms with Crippen molar-refractivity contribution in [3.63, 3.8) is 0 Å². The molecule has 0 fully saturated rings. The van der Waals surface area contributed by atoms with Crippen molar-refractivity contribution in [2.24, 2.45) is 0 Å². The molecule has 0 spiro atoms. The molecule has 0 bridgehead atoms. The van der Waals surface area contributed by atoms with Gasteiger partial charge in [-0.15, -0.1) is 0 Å². The topological polar surface area (TPSA) is 49.0 Å². The zero-order valence-electron chi connectivity index (χ0n) is 11.4. The van der Waals surface area contributed by atoms with Crippen molar-refractivity contribution in [1.82, 2.24) is 5.32 Å². The number of hydrogen-bond acceptors (Lipinski definition) is 5. The third-order valence-electron chi connectivity index (χ3n) is 2.18. The lowest BCUT2D eigenvalue weighted by molar-refractivity contribution is 0.00847. The quantitative estimate of drug-likeness (QED) is 0.486. The van der Waals surface area contributed by atoms with Crippen molar-refractivity contribution in [3.05, 3.63) is 0 Å². The summed E-state index contributed by atoms with van der Waals surface area (Å²) in [5.74, 6) is 0. The Kier molecular flexibility index (Phi) is 13.7. The van der Waals surface area contributed by atoms with Crippen LogP contribution in [0.1, 0.15) is 13.3 Å². The normalized spacial score (nSPS) is 12.9. The fourth-order valence-corrected chi connectivity index (χ4v) is 1.25. The maximum atomic E-state index is 5.57. The van der Waals surface area contributed by atoms with E-state index < -0.39 is 0 Å². The molecule has 17 heavy (non-hydrogen) atoms. The van der Waals surface area contributed by atoms with Crippen molar-refractivity contribution in [1.29, 1.82) is 0 Å². The first-order valence-corrected chi connectivity index (χ1v) is 6.19. The minimum absolute atomic E-state index is 0.203. The summed E-state index contributed by atoms with van der Waals surface area (Å²) < 4.78 is 20.8. The van der Waals surface area contributed by atoms with Crippen molar-refractivity contribution in [2.75, 3.05) is 60.3 Å². The molecule has 104 valence electrons. The van der Waals surface area contributed by atoms with Gasteiger partial charge in [0.05, 0.1) is 25.9 Å². The lowest BCUT2D eigenvalue weighted by Gasteiger charge is -2.13. The second-order valence-corrected chi connectivity index (χ2v) is 3.84. The molecule has 0 aromatic carbocycles. The second kappa shape index (κ2) is 13.9. The van der Waals surface area contributed by atoms with Crippen molar-refractivity contribution < 1.29 is 18.9 Å². The molecule has 5 heteroatoms. The minimum Gasteiger partial charge on any atom is -0.385 e. The van der Waals surface area contributed by atoms with E-state index in [0.717, 1.165) is 39.3 Å². The van der Waals surface area contributed by atoms with E-state index in [4.69, 9.17) is 18.9 Å². The van der Waals surface area contributed by atoms with Crippen LogP contribution in [0.5, 0.6) is 0 Å². The summed E-state index contributed by atoms with van der Waals surface area (Å²) in [5.41, 5.74) is 0. The molecule has 0 aromatic rings. The van der Waals surface area contributed by atoms with Gasteiger partial charge in [0.15, 0.2) is 0 Å². The van der Waals surface area contributed by atoms with Crippen LogP contribution in [-0.4, -0.2) is 66.4 Å². The SMILES string of the molecule is COCCCOCCOC(C)CNCCOC. The van der Waals surface area contributed by atoms with Crippen LogP contribution in [0.25, 0.3) is 0 Å². The van der Waals surface area contributed by atoms with Crippen LogP contribution in [-0.2, 0) is 18.9 Å².